The predicted octanol–water partition coefficient (Wildman–Crippen LogP) is 2.87. The van der Waals surface area contributed by atoms with Crippen molar-refractivity contribution in [3.8, 4) is 11.5 Å². The molecule has 3 rings (SSSR count). The zero-order chi connectivity index (χ0) is 16.2. The van der Waals surface area contributed by atoms with Gasteiger partial charge in [0.1, 0.15) is 0 Å². The second-order valence-corrected chi connectivity index (χ2v) is 5.63. The summed E-state index contributed by atoms with van der Waals surface area (Å²) in [5, 5.41) is 2.92. The standard InChI is InChI=1S/C18H20N2O3/c1-13(18(21)19-15-6-4-3-5-7-15)20(2)11-14-8-9-16-17(10-14)23-12-22-16/h3-10,13H,11-12H2,1-2H3,(H,19,21)/t13-/m1/s1. The molecule has 1 amide bonds. The highest BCUT2D eigenvalue weighted by atomic mass is 16.7. The molecule has 0 aliphatic carbocycles. The lowest BCUT2D eigenvalue weighted by molar-refractivity contribution is -0.120. The predicted molar refractivity (Wildman–Crippen MR) is 88.6 cm³/mol. The van der Waals surface area contributed by atoms with Crippen molar-refractivity contribution in [2.45, 2.75) is 19.5 Å². The van der Waals surface area contributed by atoms with Crippen LogP contribution in [-0.2, 0) is 11.3 Å². The van der Waals surface area contributed by atoms with Gasteiger partial charge in [-0.15, -0.1) is 0 Å². The Labute approximate surface area is 135 Å². The third kappa shape index (κ3) is 3.63. The smallest absolute Gasteiger partial charge is 0.241 e. The fraction of sp³-hybridized carbons (Fsp3) is 0.278. The van der Waals surface area contributed by atoms with E-state index in [0.29, 0.717) is 6.54 Å². The number of nitrogens with one attached hydrogen (secondary N) is 1. The summed E-state index contributed by atoms with van der Waals surface area (Å²) >= 11 is 0. The Morgan fingerprint density at radius 3 is 2.70 bits per heavy atom. The summed E-state index contributed by atoms with van der Waals surface area (Å²) in [5.74, 6) is 1.50. The topological polar surface area (TPSA) is 50.8 Å². The van der Waals surface area contributed by atoms with E-state index in [1.807, 2.05) is 67.4 Å². The maximum absolute atomic E-state index is 12.3. The Morgan fingerprint density at radius 1 is 1.17 bits per heavy atom. The Morgan fingerprint density at radius 2 is 1.91 bits per heavy atom. The molecular formula is C18H20N2O3. The molecule has 0 unspecified atom stereocenters. The van der Waals surface area contributed by atoms with Crippen LogP contribution < -0.4 is 14.8 Å². The normalized spacial score (nSPS) is 13.9. The van der Waals surface area contributed by atoms with E-state index in [4.69, 9.17) is 9.47 Å². The van der Waals surface area contributed by atoms with Crippen LogP contribution in [0.5, 0.6) is 11.5 Å². The van der Waals surface area contributed by atoms with E-state index < -0.39 is 0 Å². The van der Waals surface area contributed by atoms with Crippen LogP contribution in [0.2, 0.25) is 0 Å². The van der Waals surface area contributed by atoms with Crippen molar-refractivity contribution < 1.29 is 14.3 Å². The third-order valence-electron chi connectivity index (χ3n) is 3.95. The number of rotatable bonds is 5. The molecule has 1 heterocycles. The van der Waals surface area contributed by atoms with Crippen molar-refractivity contribution >= 4 is 11.6 Å². The zero-order valence-electron chi connectivity index (χ0n) is 13.3. The third-order valence-corrected chi connectivity index (χ3v) is 3.95. The summed E-state index contributed by atoms with van der Waals surface area (Å²) < 4.78 is 10.7. The molecular weight excluding hydrogens is 292 g/mol. The van der Waals surface area contributed by atoms with E-state index in [-0.39, 0.29) is 18.7 Å². The lowest BCUT2D eigenvalue weighted by Gasteiger charge is -2.24. The quantitative estimate of drug-likeness (QED) is 0.922. The van der Waals surface area contributed by atoms with Gasteiger partial charge in [-0.25, -0.2) is 0 Å². The summed E-state index contributed by atoms with van der Waals surface area (Å²) in [7, 11) is 1.93. The molecule has 23 heavy (non-hydrogen) atoms. The first kappa shape index (κ1) is 15.4. The van der Waals surface area contributed by atoms with E-state index in [0.717, 1.165) is 22.7 Å². The van der Waals surface area contributed by atoms with E-state index in [1.54, 1.807) is 0 Å². The minimum atomic E-state index is -0.249. The minimum absolute atomic E-state index is 0.0283. The molecule has 1 aliphatic rings. The highest BCUT2D eigenvalue weighted by Crippen LogP contribution is 2.32. The number of fused-ring (bicyclic) bond motifs is 1. The lowest BCUT2D eigenvalue weighted by atomic mass is 10.1. The molecule has 1 atom stereocenters. The van der Waals surface area contributed by atoms with Crippen molar-refractivity contribution in [2.75, 3.05) is 19.2 Å². The van der Waals surface area contributed by atoms with Crippen LogP contribution in [0.25, 0.3) is 0 Å². The zero-order valence-corrected chi connectivity index (χ0v) is 13.3. The molecule has 2 aromatic carbocycles. The van der Waals surface area contributed by atoms with Gasteiger partial charge in [0.2, 0.25) is 12.7 Å². The number of nitrogens with zero attached hydrogens (tertiary/aromatic N) is 1. The first-order valence-electron chi connectivity index (χ1n) is 7.58. The van der Waals surface area contributed by atoms with Crippen LogP contribution >= 0.6 is 0 Å². The van der Waals surface area contributed by atoms with Crippen molar-refractivity contribution in [3.05, 3.63) is 54.1 Å². The molecule has 0 aromatic heterocycles. The fourth-order valence-electron chi connectivity index (χ4n) is 2.43. The molecule has 120 valence electrons. The first-order chi connectivity index (χ1) is 11.1. The molecule has 0 radical (unpaired) electrons. The molecule has 0 saturated carbocycles. The number of anilines is 1. The van der Waals surface area contributed by atoms with Crippen molar-refractivity contribution in [1.82, 2.24) is 4.90 Å². The van der Waals surface area contributed by atoms with Gasteiger partial charge in [0.05, 0.1) is 6.04 Å². The van der Waals surface area contributed by atoms with Gasteiger partial charge in [-0.2, -0.15) is 0 Å². The van der Waals surface area contributed by atoms with Gasteiger partial charge in [-0.3, -0.25) is 9.69 Å². The molecule has 0 spiro atoms. The Hall–Kier alpha value is -2.53. The number of benzene rings is 2. The molecule has 0 bridgehead atoms. The number of para-hydroxylation sites is 1. The summed E-state index contributed by atoms with van der Waals surface area (Å²) in [6.45, 7) is 2.82. The Kier molecular flexibility index (Phi) is 4.48. The number of hydrogen-bond donors (Lipinski definition) is 1. The molecule has 0 fully saturated rings. The number of amides is 1. The van der Waals surface area contributed by atoms with Gasteiger partial charge < -0.3 is 14.8 Å². The van der Waals surface area contributed by atoms with Crippen LogP contribution in [0.3, 0.4) is 0 Å². The van der Waals surface area contributed by atoms with Gasteiger partial charge in [0, 0.05) is 12.2 Å². The molecule has 5 nitrogen and oxygen atoms in total. The number of carbonyl (C=O) groups is 1. The van der Waals surface area contributed by atoms with Gasteiger partial charge in [0.15, 0.2) is 11.5 Å². The summed E-state index contributed by atoms with van der Waals surface area (Å²) in [4.78, 5) is 14.3. The van der Waals surface area contributed by atoms with Crippen molar-refractivity contribution in [3.63, 3.8) is 0 Å². The average Bonchev–Trinajstić information content (AvgIpc) is 3.02. The van der Waals surface area contributed by atoms with E-state index in [1.165, 1.54) is 0 Å². The number of hydrogen-bond acceptors (Lipinski definition) is 4. The Balaban J connectivity index is 1.61. The maximum Gasteiger partial charge on any atom is 0.241 e. The fourth-order valence-corrected chi connectivity index (χ4v) is 2.43. The second kappa shape index (κ2) is 6.71. The molecule has 0 saturated heterocycles. The number of carbonyl (C=O) groups excluding carboxylic acids is 1. The van der Waals surface area contributed by atoms with Gasteiger partial charge >= 0.3 is 0 Å². The van der Waals surface area contributed by atoms with Gasteiger partial charge in [0.25, 0.3) is 0 Å². The Bertz CT molecular complexity index is 688. The van der Waals surface area contributed by atoms with Gasteiger partial charge in [-0.1, -0.05) is 24.3 Å². The molecule has 2 aromatic rings. The SMILES string of the molecule is C[C@H](C(=O)Nc1ccccc1)N(C)Cc1ccc2c(c1)OCO2. The average molecular weight is 312 g/mol. The van der Waals surface area contributed by atoms with E-state index in [9.17, 15) is 4.79 Å². The van der Waals surface area contributed by atoms with Crippen LogP contribution in [0, 0.1) is 0 Å². The van der Waals surface area contributed by atoms with Crippen LogP contribution in [0.1, 0.15) is 12.5 Å². The summed E-state index contributed by atoms with van der Waals surface area (Å²) in [6.07, 6.45) is 0. The molecule has 1 aliphatic heterocycles. The van der Waals surface area contributed by atoms with Crippen molar-refractivity contribution in [2.24, 2.45) is 0 Å². The molecule has 1 N–H and O–H groups in total. The number of ether oxygens (including phenoxy) is 2. The largest absolute Gasteiger partial charge is 0.454 e. The van der Waals surface area contributed by atoms with E-state index >= 15 is 0 Å². The van der Waals surface area contributed by atoms with Crippen LogP contribution in [-0.4, -0.2) is 30.7 Å². The highest BCUT2D eigenvalue weighted by Gasteiger charge is 2.19. The summed E-state index contributed by atoms with van der Waals surface area (Å²) in [6, 6.07) is 15.1. The van der Waals surface area contributed by atoms with E-state index in [2.05, 4.69) is 5.32 Å². The van der Waals surface area contributed by atoms with Crippen LogP contribution in [0.4, 0.5) is 5.69 Å². The second-order valence-electron chi connectivity index (χ2n) is 5.63. The summed E-state index contributed by atoms with van der Waals surface area (Å²) in [5.41, 5.74) is 1.89. The number of likely N-dealkylation sites (N-methyl/N-ethyl adjacent to an activating group) is 1. The van der Waals surface area contributed by atoms with Crippen molar-refractivity contribution in [1.29, 1.82) is 0 Å². The highest BCUT2D eigenvalue weighted by molar-refractivity contribution is 5.94. The molecule has 5 heteroatoms. The first-order valence-corrected chi connectivity index (χ1v) is 7.58. The minimum Gasteiger partial charge on any atom is -0.454 e. The van der Waals surface area contributed by atoms with Gasteiger partial charge in [-0.05, 0) is 43.8 Å². The maximum atomic E-state index is 12.3. The van der Waals surface area contributed by atoms with Crippen LogP contribution in [0.15, 0.2) is 48.5 Å². The monoisotopic (exact) mass is 312 g/mol. The lowest BCUT2D eigenvalue weighted by Crippen LogP contribution is -2.39.